The Balaban J connectivity index is 1.66. The van der Waals surface area contributed by atoms with E-state index in [4.69, 9.17) is 10.2 Å². The molecule has 0 radical (unpaired) electrons. The highest BCUT2D eigenvalue weighted by Crippen LogP contribution is 2.32. The van der Waals surface area contributed by atoms with Gasteiger partial charge in [-0.1, -0.05) is 0 Å². The van der Waals surface area contributed by atoms with Crippen LogP contribution in [0.5, 0.6) is 0 Å². The minimum atomic E-state index is -0.502. The summed E-state index contributed by atoms with van der Waals surface area (Å²) in [7, 11) is 0. The molecule has 5 N–H and O–H groups in total. The molecule has 9 heteroatoms. The zero-order chi connectivity index (χ0) is 22.7. The minimum Gasteiger partial charge on any atom is -0.444 e. The minimum absolute atomic E-state index is 0.0798. The predicted molar refractivity (Wildman–Crippen MR) is 119 cm³/mol. The van der Waals surface area contributed by atoms with E-state index in [1.165, 1.54) is 18.5 Å². The van der Waals surface area contributed by atoms with E-state index in [0.29, 0.717) is 34.1 Å². The van der Waals surface area contributed by atoms with Gasteiger partial charge in [-0.25, -0.2) is 4.98 Å². The highest BCUT2D eigenvalue weighted by atomic mass is 16.5. The second kappa shape index (κ2) is 9.19. The summed E-state index contributed by atoms with van der Waals surface area (Å²) in [5.41, 5.74) is 8.90. The molecule has 1 amide bonds. The number of nitrogens with zero attached hydrogens (tertiary/aromatic N) is 3. The lowest BCUT2D eigenvalue weighted by atomic mass is 9.93. The van der Waals surface area contributed by atoms with Crippen LogP contribution >= 0.6 is 0 Å². The maximum Gasteiger partial charge on any atom is 0.325 e. The molecule has 0 unspecified atom stereocenters. The maximum absolute atomic E-state index is 12.9. The van der Waals surface area contributed by atoms with Gasteiger partial charge in [-0.3, -0.25) is 15.0 Å². The molecule has 1 aromatic carbocycles. The third-order valence-electron chi connectivity index (χ3n) is 5.61. The zero-order valence-electron chi connectivity index (χ0n) is 17.7. The molecule has 0 aliphatic heterocycles. The van der Waals surface area contributed by atoms with Gasteiger partial charge in [-0.2, -0.15) is 0 Å². The van der Waals surface area contributed by atoms with E-state index < -0.39 is 5.91 Å². The Morgan fingerprint density at radius 3 is 2.81 bits per heavy atom. The lowest BCUT2D eigenvalue weighted by Crippen LogP contribution is -2.42. The van der Waals surface area contributed by atoms with Gasteiger partial charge in [-0.15, -0.1) is 0 Å². The first-order valence-electron chi connectivity index (χ1n) is 10.5. The van der Waals surface area contributed by atoms with Crippen LogP contribution in [-0.2, 0) is 0 Å². The van der Waals surface area contributed by atoms with E-state index in [9.17, 15) is 15.1 Å². The molecule has 3 aromatic rings. The first kappa shape index (κ1) is 21.5. The van der Waals surface area contributed by atoms with Gasteiger partial charge in [-0.05, 0) is 43.9 Å². The van der Waals surface area contributed by atoms with Gasteiger partial charge in [0.1, 0.15) is 6.26 Å². The molecule has 2 heterocycles. The number of oxazole rings is 1. The summed E-state index contributed by atoms with van der Waals surface area (Å²) in [5, 5.41) is 22.7. The van der Waals surface area contributed by atoms with Crippen LogP contribution < -0.4 is 15.8 Å². The van der Waals surface area contributed by atoms with Crippen LogP contribution in [0.15, 0.2) is 52.2 Å². The Morgan fingerprint density at radius 2 is 2.09 bits per heavy atom. The van der Waals surface area contributed by atoms with E-state index in [1.54, 1.807) is 37.4 Å². The Kier molecular flexibility index (Phi) is 6.18. The molecule has 0 saturated heterocycles. The quantitative estimate of drug-likeness (QED) is 0.210. The normalized spacial score (nSPS) is 18.7. The Hall–Kier alpha value is -3.72. The van der Waals surface area contributed by atoms with Gasteiger partial charge in [0.25, 0.3) is 0 Å². The van der Waals surface area contributed by atoms with Crippen LogP contribution in [0.1, 0.15) is 47.4 Å². The number of anilines is 2. The monoisotopic (exact) mass is 436 g/mol. The van der Waals surface area contributed by atoms with Gasteiger partial charge in [0.15, 0.2) is 0 Å². The van der Waals surface area contributed by atoms with Crippen molar-refractivity contribution in [2.24, 2.45) is 4.99 Å². The molecule has 0 spiro atoms. The number of nitrogens with one attached hydrogen (secondary N) is 1. The van der Waals surface area contributed by atoms with E-state index in [-0.39, 0.29) is 17.8 Å². The van der Waals surface area contributed by atoms with Crippen LogP contribution in [0.25, 0.3) is 11.5 Å². The van der Waals surface area contributed by atoms with Crippen molar-refractivity contribution in [3.63, 3.8) is 0 Å². The average molecular weight is 436 g/mol. The molecule has 1 saturated carbocycles. The average Bonchev–Trinajstić information content (AvgIpc) is 3.31. The summed E-state index contributed by atoms with van der Waals surface area (Å²) in [6.07, 6.45) is 7.51. The molecule has 0 atom stereocenters. The Labute approximate surface area is 185 Å². The number of carbonyl (C=O) groups excluding carboxylic acids is 1. The van der Waals surface area contributed by atoms with Crippen molar-refractivity contribution in [3.05, 3.63) is 59.7 Å². The second-order valence-corrected chi connectivity index (χ2v) is 7.92. The molecule has 1 aliphatic rings. The number of nitrogens with two attached hydrogens (primary N) is 1. The van der Waals surface area contributed by atoms with Gasteiger partial charge in [0, 0.05) is 41.3 Å². The van der Waals surface area contributed by atoms with E-state index >= 15 is 0 Å². The summed E-state index contributed by atoms with van der Waals surface area (Å²) in [6.45, 7) is 1.69. The summed E-state index contributed by atoms with van der Waals surface area (Å²) in [4.78, 5) is 21.7. The summed E-state index contributed by atoms with van der Waals surface area (Å²) >= 11 is 0. The van der Waals surface area contributed by atoms with E-state index in [2.05, 4.69) is 15.3 Å². The molecule has 9 nitrogen and oxygen atoms in total. The molecule has 1 fully saturated rings. The molecular formula is C23H26N5O4+. The van der Waals surface area contributed by atoms with Crippen molar-refractivity contribution < 1.29 is 24.3 Å². The topological polar surface area (TPSA) is 138 Å². The van der Waals surface area contributed by atoms with E-state index in [0.717, 1.165) is 30.4 Å². The summed E-state index contributed by atoms with van der Waals surface area (Å²) in [6, 6.07) is 8.42. The SMILES string of the molecule is Cc1cccc(C(=O)Nc2cc(C=NC3CCC(O)CC3)c(N)cc2-c2ncco2)[n+]1O. The molecule has 0 bridgehead atoms. The second-order valence-electron chi connectivity index (χ2n) is 7.92. The third kappa shape index (κ3) is 4.62. The smallest absolute Gasteiger partial charge is 0.325 e. The van der Waals surface area contributed by atoms with Crippen LogP contribution in [0.2, 0.25) is 0 Å². The van der Waals surface area contributed by atoms with Crippen molar-refractivity contribution >= 4 is 23.5 Å². The zero-order valence-corrected chi connectivity index (χ0v) is 17.7. The fourth-order valence-electron chi connectivity index (χ4n) is 3.74. The summed E-state index contributed by atoms with van der Waals surface area (Å²) in [5.74, 6) is -0.198. The fraction of sp³-hybridized carbons (Fsp3) is 0.304. The van der Waals surface area contributed by atoms with Crippen molar-refractivity contribution in [3.8, 4) is 11.5 Å². The number of aliphatic hydroxyl groups excluding tert-OH is 1. The van der Waals surface area contributed by atoms with Crippen molar-refractivity contribution in [1.82, 2.24) is 4.98 Å². The number of benzene rings is 1. The lowest BCUT2D eigenvalue weighted by Gasteiger charge is -2.22. The number of hydrogen-bond acceptors (Lipinski definition) is 7. The van der Waals surface area contributed by atoms with E-state index in [1.807, 2.05) is 0 Å². The molecule has 2 aromatic heterocycles. The van der Waals surface area contributed by atoms with Gasteiger partial charge >= 0.3 is 11.6 Å². The number of pyridine rings is 1. The number of hydrogen-bond donors (Lipinski definition) is 4. The number of aromatic nitrogens is 2. The molecule has 4 rings (SSSR count). The van der Waals surface area contributed by atoms with Crippen LogP contribution in [-0.4, -0.2) is 39.6 Å². The third-order valence-corrected chi connectivity index (χ3v) is 5.61. The van der Waals surface area contributed by atoms with Gasteiger partial charge in [0.05, 0.1) is 29.6 Å². The Morgan fingerprint density at radius 1 is 1.31 bits per heavy atom. The number of aryl methyl sites for hydroxylation is 1. The predicted octanol–water partition coefficient (Wildman–Crippen LogP) is 2.73. The van der Waals surface area contributed by atoms with Gasteiger partial charge in [0.2, 0.25) is 11.6 Å². The molecule has 1 aliphatic carbocycles. The van der Waals surface area contributed by atoms with Crippen LogP contribution in [0, 0.1) is 6.92 Å². The molecular weight excluding hydrogens is 410 g/mol. The van der Waals surface area contributed by atoms with Crippen molar-refractivity contribution in [2.75, 3.05) is 11.1 Å². The lowest BCUT2D eigenvalue weighted by molar-refractivity contribution is -0.909. The Bertz CT molecular complexity index is 1140. The largest absolute Gasteiger partial charge is 0.444 e. The number of carbonyl (C=O) groups is 1. The van der Waals surface area contributed by atoms with Crippen molar-refractivity contribution in [1.29, 1.82) is 0 Å². The summed E-state index contributed by atoms with van der Waals surface area (Å²) < 4.78 is 6.25. The van der Waals surface area contributed by atoms with Crippen LogP contribution in [0.3, 0.4) is 0 Å². The van der Waals surface area contributed by atoms with Crippen LogP contribution in [0.4, 0.5) is 11.4 Å². The van der Waals surface area contributed by atoms with Gasteiger partial charge < -0.3 is 20.6 Å². The maximum atomic E-state index is 12.9. The highest BCUT2D eigenvalue weighted by Gasteiger charge is 2.24. The number of aliphatic hydroxyl groups is 1. The van der Waals surface area contributed by atoms with Crippen molar-refractivity contribution in [2.45, 2.75) is 44.8 Å². The first-order valence-corrected chi connectivity index (χ1v) is 10.5. The molecule has 166 valence electrons. The number of amides is 1. The number of rotatable bonds is 5. The highest BCUT2D eigenvalue weighted by molar-refractivity contribution is 6.05. The fourth-order valence-corrected chi connectivity index (χ4v) is 3.74. The number of aliphatic imine (C=N–C) groups is 1. The molecule has 32 heavy (non-hydrogen) atoms. The standard InChI is InChI=1S/C23H25N5O4/c1-14-3-2-4-21(28(14)31)22(30)27-20-11-15(13-26-16-5-7-17(29)8-6-16)19(24)12-18(20)23-25-9-10-32-23/h2-4,9-13,16-17,24,29-31H,5-8H2,1H3/p+1. The first-order chi connectivity index (χ1) is 15.4. The number of nitrogen functional groups attached to an aromatic ring is 1.